The Morgan fingerprint density at radius 2 is 1.83 bits per heavy atom. The standard InChI is InChI=1S/C22H30N2O4S/c1-6-21(22(25)23-15-18-9-8-10-20(14-18)28-7-2)24(29(5,26)27)19-12-11-16(3)17(4)13-19/h8-14,21H,6-7,15H2,1-5H3,(H,23,25)/t21-/m0/s1. The van der Waals surface area contributed by atoms with Crippen LogP contribution in [-0.2, 0) is 21.4 Å². The smallest absolute Gasteiger partial charge is 0.244 e. The SMILES string of the molecule is CCOc1cccc(CNC(=O)[C@H](CC)N(c2ccc(C)c(C)c2)S(C)(=O)=O)c1. The third-order valence-corrected chi connectivity index (χ3v) is 5.93. The maximum atomic E-state index is 12.9. The monoisotopic (exact) mass is 418 g/mol. The zero-order valence-electron chi connectivity index (χ0n) is 17.7. The number of anilines is 1. The molecule has 2 rings (SSSR count). The van der Waals surface area contributed by atoms with Crippen molar-refractivity contribution in [1.82, 2.24) is 5.32 Å². The summed E-state index contributed by atoms with van der Waals surface area (Å²) in [5.41, 5.74) is 3.42. The van der Waals surface area contributed by atoms with Gasteiger partial charge in [0.05, 0.1) is 18.6 Å². The number of nitrogens with one attached hydrogen (secondary N) is 1. The topological polar surface area (TPSA) is 75.7 Å². The number of carbonyl (C=O) groups excluding carboxylic acids is 1. The van der Waals surface area contributed by atoms with Crippen LogP contribution in [0, 0.1) is 13.8 Å². The van der Waals surface area contributed by atoms with E-state index < -0.39 is 16.1 Å². The zero-order valence-corrected chi connectivity index (χ0v) is 18.5. The normalized spacial score (nSPS) is 12.3. The van der Waals surface area contributed by atoms with Gasteiger partial charge in [-0.3, -0.25) is 9.10 Å². The molecule has 1 N–H and O–H groups in total. The highest BCUT2D eigenvalue weighted by Crippen LogP contribution is 2.25. The second-order valence-corrected chi connectivity index (χ2v) is 8.91. The van der Waals surface area contributed by atoms with Gasteiger partial charge in [-0.25, -0.2) is 8.42 Å². The highest BCUT2D eigenvalue weighted by Gasteiger charge is 2.31. The fourth-order valence-electron chi connectivity index (χ4n) is 3.14. The van der Waals surface area contributed by atoms with Gasteiger partial charge in [-0.05, 0) is 68.1 Å². The quantitative estimate of drug-likeness (QED) is 0.676. The predicted octanol–water partition coefficient (Wildman–Crippen LogP) is 3.56. The summed E-state index contributed by atoms with van der Waals surface area (Å²) in [5.74, 6) is 0.400. The van der Waals surface area contributed by atoms with Crippen molar-refractivity contribution in [2.75, 3.05) is 17.2 Å². The van der Waals surface area contributed by atoms with Crippen LogP contribution in [0.5, 0.6) is 5.75 Å². The number of hydrogen-bond acceptors (Lipinski definition) is 4. The molecule has 0 heterocycles. The maximum absolute atomic E-state index is 12.9. The molecule has 158 valence electrons. The van der Waals surface area contributed by atoms with Crippen molar-refractivity contribution in [3.05, 3.63) is 59.2 Å². The van der Waals surface area contributed by atoms with Crippen molar-refractivity contribution in [1.29, 1.82) is 0 Å². The number of amides is 1. The highest BCUT2D eigenvalue weighted by molar-refractivity contribution is 7.92. The Bertz CT molecular complexity index is 957. The fourth-order valence-corrected chi connectivity index (χ4v) is 4.35. The molecule has 0 saturated carbocycles. The Morgan fingerprint density at radius 3 is 2.41 bits per heavy atom. The van der Waals surface area contributed by atoms with Gasteiger partial charge in [0, 0.05) is 6.54 Å². The first-order valence-electron chi connectivity index (χ1n) is 9.73. The molecule has 0 aromatic heterocycles. The van der Waals surface area contributed by atoms with E-state index in [1.807, 2.05) is 51.1 Å². The minimum atomic E-state index is -3.65. The zero-order chi connectivity index (χ0) is 21.6. The lowest BCUT2D eigenvalue weighted by Crippen LogP contribution is -2.49. The number of aryl methyl sites for hydroxylation is 2. The second-order valence-electron chi connectivity index (χ2n) is 7.05. The Hall–Kier alpha value is -2.54. The summed E-state index contributed by atoms with van der Waals surface area (Å²) in [5, 5.41) is 2.87. The summed E-state index contributed by atoms with van der Waals surface area (Å²) in [4.78, 5) is 12.9. The third-order valence-electron chi connectivity index (χ3n) is 4.75. The Balaban J connectivity index is 2.24. The van der Waals surface area contributed by atoms with E-state index in [9.17, 15) is 13.2 Å². The first-order valence-corrected chi connectivity index (χ1v) is 11.6. The Kier molecular flexibility index (Phi) is 7.67. The van der Waals surface area contributed by atoms with E-state index in [0.717, 1.165) is 28.7 Å². The van der Waals surface area contributed by atoms with Crippen molar-refractivity contribution >= 4 is 21.6 Å². The average Bonchev–Trinajstić information content (AvgIpc) is 2.66. The van der Waals surface area contributed by atoms with Gasteiger partial charge >= 0.3 is 0 Å². The van der Waals surface area contributed by atoms with Gasteiger partial charge < -0.3 is 10.1 Å². The van der Waals surface area contributed by atoms with Gasteiger partial charge in [-0.1, -0.05) is 25.1 Å². The van der Waals surface area contributed by atoms with E-state index in [0.29, 0.717) is 25.3 Å². The van der Waals surface area contributed by atoms with Crippen LogP contribution in [0.3, 0.4) is 0 Å². The van der Waals surface area contributed by atoms with E-state index in [1.54, 1.807) is 19.1 Å². The maximum Gasteiger partial charge on any atom is 0.244 e. The lowest BCUT2D eigenvalue weighted by Gasteiger charge is -2.30. The summed E-state index contributed by atoms with van der Waals surface area (Å²) < 4.78 is 31.8. The predicted molar refractivity (Wildman–Crippen MR) is 117 cm³/mol. The van der Waals surface area contributed by atoms with E-state index in [1.165, 1.54) is 4.31 Å². The minimum absolute atomic E-state index is 0.292. The van der Waals surface area contributed by atoms with Crippen molar-refractivity contribution in [3.63, 3.8) is 0 Å². The number of rotatable bonds is 9. The molecule has 0 fully saturated rings. The molecule has 1 atom stereocenters. The van der Waals surface area contributed by atoms with Gasteiger partial charge in [0.1, 0.15) is 11.8 Å². The summed E-state index contributed by atoms with van der Waals surface area (Å²) in [6.07, 6.45) is 1.48. The van der Waals surface area contributed by atoms with Gasteiger partial charge in [0.2, 0.25) is 15.9 Å². The van der Waals surface area contributed by atoms with E-state index in [-0.39, 0.29) is 5.91 Å². The molecule has 0 spiro atoms. The molecular formula is C22H30N2O4S. The number of nitrogens with zero attached hydrogens (tertiary/aromatic N) is 1. The second kappa shape index (κ2) is 9.78. The first kappa shape index (κ1) is 22.7. The highest BCUT2D eigenvalue weighted by atomic mass is 32.2. The van der Waals surface area contributed by atoms with Crippen molar-refractivity contribution in [2.45, 2.75) is 46.7 Å². The van der Waals surface area contributed by atoms with Gasteiger partial charge in [0.25, 0.3) is 0 Å². The largest absolute Gasteiger partial charge is 0.494 e. The summed E-state index contributed by atoms with van der Waals surface area (Å²) >= 11 is 0. The van der Waals surface area contributed by atoms with Crippen LogP contribution in [0.4, 0.5) is 5.69 Å². The molecule has 0 radical (unpaired) electrons. The molecule has 7 heteroatoms. The molecule has 0 aliphatic rings. The Morgan fingerprint density at radius 1 is 1.10 bits per heavy atom. The molecule has 0 aliphatic heterocycles. The number of carbonyl (C=O) groups is 1. The molecule has 0 bridgehead atoms. The molecule has 0 saturated heterocycles. The fraction of sp³-hybridized carbons (Fsp3) is 0.409. The van der Waals surface area contributed by atoms with Gasteiger partial charge in [-0.2, -0.15) is 0 Å². The van der Waals surface area contributed by atoms with Crippen LogP contribution in [-0.4, -0.2) is 33.2 Å². The molecule has 29 heavy (non-hydrogen) atoms. The summed E-state index contributed by atoms with van der Waals surface area (Å²) in [6, 6.07) is 12.1. The van der Waals surface area contributed by atoms with Gasteiger partial charge in [-0.15, -0.1) is 0 Å². The lowest BCUT2D eigenvalue weighted by atomic mass is 10.1. The first-order chi connectivity index (χ1) is 13.7. The summed E-state index contributed by atoms with van der Waals surface area (Å²) in [7, 11) is -3.65. The molecule has 0 aliphatic carbocycles. The van der Waals surface area contributed by atoms with Crippen LogP contribution >= 0.6 is 0 Å². The van der Waals surface area contributed by atoms with Crippen LogP contribution in [0.15, 0.2) is 42.5 Å². The number of sulfonamides is 1. The molecular weight excluding hydrogens is 388 g/mol. The van der Waals surface area contributed by atoms with Gasteiger partial charge in [0.15, 0.2) is 0 Å². The number of hydrogen-bond donors (Lipinski definition) is 1. The third kappa shape index (κ3) is 5.97. The average molecular weight is 419 g/mol. The molecule has 2 aromatic rings. The van der Waals surface area contributed by atoms with E-state index in [4.69, 9.17) is 4.74 Å². The molecule has 1 amide bonds. The van der Waals surface area contributed by atoms with E-state index >= 15 is 0 Å². The van der Waals surface area contributed by atoms with Crippen LogP contribution in [0.25, 0.3) is 0 Å². The Labute approximate surface area is 173 Å². The van der Waals surface area contributed by atoms with Crippen LogP contribution in [0.1, 0.15) is 37.0 Å². The lowest BCUT2D eigenvalue weighted by molar-refractivity contribution is -0.122. The minimum Gasteiger partial charge on any atom is -0.494 e. The molecule has 2 aromatic carbocycles. The van der Waals surface area contributed by atoms with Crippen LogP contribution < -0.4 is 14.4 Å². The number of ether oxygens (including phenoxy) is 1. The van der Waals surface area contributed by atoms with Crippen LogP contribution in [0.2, 0.25) is 0 Å². The molecule has 0 unspecified atom stereocenters. The molecule has 6 nitrogen and oxygen atoms in total. The van der Waals surface area contributed by atoms with E-state index in [2.05, 4.69) is 5.32 Å². The van der Waals surface area contributed by atoms with Crippen molar-refractivity contribution in [3.8, 4) is 5.75 Å². The summed E-state index contributed by atoms with van der Waals surface area (Å²) in [6.45, 7) is 8.45. The van der Waals surface area contributed by atoms with Crippen molar-refractivity contribution in [2.24, 2.45) is 0 Å². The number of benzene rings is 2. The van der Waals surface area contributed by atoms with Crippen molar-refractivity contribution < 1.29 is 17.9 Å².